The third kappa shape index (κ3) is 7.06. The van der Waals surface area contributed by atoms with Crippen molar-refractivity contribution in [2.45, 2.75) is 46.2 Å². The van der Waals surface area contributed by atoms with Gasteiger partial charge in [0.25, 0.3) is 0 Å². The summed E-state index contributed by atoms with van der Waals surface area (Å²) in [5.74, 6) is 0.819. The van der Waals surface area contributed by atoms with Crippen LogP contribution in [0.1, 0.15) is 39.3 Å². The number of hydrogen-bond donors (Lipinski definition) is 2. The highest BCUT2D eigenvalue weighted by Gasteiger charge is 2.07. The van der Waals surface area contributed by atoms with Crippen LogP contribution < -0.4 is 10.6 Å². The Hall–Kier alpha value is -2.34. The third-order valence-corrected chi connectivity index (χ3v) is 4.71. The van der Waals surface area contributed by atoms with Crippen molar-refractivity contribution in [1.29, 1.82) is 0 Å². The number of guanidine groups is 1. The molecular formula is C21H34N6. The van der Waals surface area contributed by atoms with Crippen molar-refractivity contribution in [1.82, 2.24) is 25.3 Å². The first kappa shape index (κ1) is 21.0. The van der Waals surface area contributed by atoms with Crippen LogP contribution in [0.4, 0.5) is 0 Å². The Labute approximate surface area is 163 Å². The van der Waals surface area contributed by atoms with Crippen LogP contribution in [0.5, 0.6) is 0 Å². The third-order valence-electron chi connectivity index (χ3n) is 4.71. The summed E-state index contributed by atoms with van der Waals surface area (Å²) in [6, 6.07) is 12.5. The zero-order chi connectivity index (χ0) is 19.5. The van der Waals surface area contributed by atoms with E-state index in [0.29, 0.717) is 12.6 Å². The number of aromatic nitrogens is 2. The molecule has 27 heavy (non-hydrogen) atoms. The minimum Gasteiger partial charge on any atom is -0.354 e. The smallest absolute Gasteiger partial charge is 0.191 e. The first-order chi connectivity index (χ1) is 13.2. The van der Waals surface area contributed by atoms with Gasteiger partial charge >= 0.3 is 0 Å². The van der Waals surface area contributed by atoms with Crippen LogP contribution in [-0.2, 0) is 6.54 Å². The van der Waals surface area contributed by atoms with E-state index in [1.165, 1.54) is 6.42 Å². The number of rotatable bonds is 10. The fraction of sp³-hybridized carbons (Fsp3) is 0.524. The quantitative estimate of drug-likeness (QED) is 0.499. The molecule has 0 bridgehead atoms. The van der Waals surface area contributed by atoms with Gasteiger partial charge in [0.05, 0.1) is 17.9 Å². The zero-order valence-electron chi connectivity index (χ0n) is 17.2. The van der Waals surface area contributed by atoms with Crippen LogP contribution in [0, 0.1) is 0 Å². The molecule has 0 spiro atoms. The summed E-state index contributed by atoms with van der Waals surface area (Å²) in [6.07, 6.45) is 4.30. The summed E-state index contributed by atoms with van der Waals surface area (Å²) in [6.45, 7) is 10.7. The standard InChI is InChI=1S/C21H34N6/c1-5-26(6-2)15-10-11-18(3)24-21(22-4)23-17-19-14-16-27(25-19)20-12-8-7-9-13-20/h7-9,12-14,16,18H,5-6,10-11,15,17H2,1-4H3,(H2,22,23,24). The van der Waals surface area contributed by atoms with Gasteiger partial charge in [0.1, 0.15) is 0 Å². The summed E-state index contributed by atoms with van der Waals surface area (Å²) < 4.78 is 1.89. The largest absolute Gasteiger partial charge is 0.354 e. The molecule has 0 radical (unpaired) electrons. The maximum absolute atomic E-state index is 4.62. The minimum atomic E-state index is 0.383. The van der Waals surface area contributed by atoms with Crippen molar-refractivity contribution in [3.05, 3.63) is 48.3 Å². The molecule has 6 nitrogen and oxygen atoms in total. The Morgan fingerprint density at radius 3 is 2.59 bits per heavy atom. The molecule has 0 saturated carbocycles. The second-order valence-electron chi connectivity index (χ2n) is 6.73. The molecule has 148 valence electrons. The van der Waals surface area contributed by atoms with Gasteiger partial charge in [-0.05, 0) is 57.6 Å². The average Bonchev–Trinajstić information content (AvgIpc) is 3.18. The van der Waals surface area contributed by atoms with Crippen molar-refractivity contribution >= 4 is 5.96 Å². The lowest BCUT2D eigenvalue weighted by molar-refractivity contribution is 0.292. The van der Waals surface area contributed by atoms with Gasteiger partial charge in [0.2, 0.25) is 0 Å². The highest BCUT2D eigenvalue weighted by Crippen LogP contribution is 2.06. The Balaban J connectivity index is 1.76. The van der Waals surface area contributed by atoms with Gasteiger partial charge in [0.15, 0.2) is 5.96 Å². The topological polar surface area (TPSA) is 57.5 Å². The number of aliphatic imine (C=N–C) groups is 1. The van der Waals surface area contributed by atoms with Gasteiger partial charge < -0.3 is 15.5 Å². The molecule has 1 aromatic carbocycles. The van der Waals surface area contributed by atoms with Crippen LogP contribution >= 0.6 is 0 Å². The zero-order valence-corrected chi connectivity index (χ0v) is 17.2. The Bertz CT molecular complexity index is 675. The van der Waals surface area contributed by atoms with E-state index in [9.17, 15) is 0 Å². The van der Waals surface area contributed by atoms with E-state index in [2.05, 4.69) is 46.4 Å². The summed E-state index contributed by atoms with van der Waals surface area (Å²) in [5, 5.41) is 11.4. The maximum Gasteiger partial charge on any atom is 0.191 e. The van der Waals surface area contributed by atoms with Crippen LogP contribution in [0.2, 0.25) is 0 Å². The molecule has 0 aliphatic carbocycles. The monoisotopic (exact) mass is 370 g/mol. The van der Waals surface area contributed by atoms with Crippen molar-refractivity contribution in [2.75, 3.05) is 26.7 Å². The molecule has 0 amide bonds. The van der Waals surface area contributed by atoms with E-state index in [1.807, 2.05) is 47.3 Å². The van der Waals surface area contributed by atoms with E-state index in [0.717, 1.165) is 43.4 Å². The molecule has 2 rings (SSSR count). The predicted molar refractivity (Wildman–Crippen MR) is 113 cm³/mol. The van der Waals surface area contributed by atoms with Crippen molar-refractivity contribution in [2.24, 2.45) is 4.99 Å². The lowest BCUT2D eigenvalue weighted by atomic mass is 10.2. The highest BCUT2D eigenvalue weighted by atomic mass is 15.3. The number of para-hydroxylation sites is 1. The van der Waals surface area contributed by atoms with Gasteiger partial charge in [-0.2, -0.15) is 5.10 Å². The first-order valence-corrected chi connectivity index (χ1v) is 9.95. The summed E-state index contributed by atoms with van der Waals surface area (Å²) in [7, 11) is 1.81. The number of nitrogens with zero attached hydrogens (tertiary/aromatic N) is 4. The van der Waals surface area contributed by atoms with Crippen LogP contribution in [0.15, 0.2) is 47.6 Å². The second kappa shape index (κ2) is 11.4. The number of nitrogens with one attached hydrogen (secondary N) is 2. The average molecular weight is 371 g/mol. The lowest BCUT2D eigenvalue weighted by Gasteiger charge is -2.21. The SMILES string of the molecule is CCN(CC)CCCC(C)NC(=NC)NCc1ccn(-c2ccccc2)n1. The molecule has 1 heterocycles. The van der Waals surface area contributed by atoms with Crippen molar-refractivity contribution in [3.63, 3.8) is 0 Å². The van der Waals surface area contributed by atoms with E-state index < -0.39 is 0 Å². The van der Waals surface area contributed by atoms with Gasteiger partial charge in [-0.15, -0.1) is 0 Å². The van der Waals surface area contributed by atoms with E-state index in [1.54, 1.807) is 7.05 Å². The molecule has 2 aromatic rings. The molecule has 1 aromatic heterocycles. The molecule has 6 heteroatoms. The molecule has 1 atom stereocenters. The lowest BCUT2D eigenvalue weighted by Crippen LogP contribution is -2.42. The molecule has 0 aliphatic rings. The van der Waals surface area contributed by atoms with Gasteiger partial charge in [-0.25, -0.2) is 4.68 Å². The first-order valence-electron chi connectivity index (χ1n) is 9.95. The van der Waals surface area contributed by atoms with Gasteiger partial charge in [-0.1, -0.05) is 32.0 Å². The fourth-order valence-electron chi connectivity index (χ4n) is 3.02. The van der Waals surface area contributed by atoms with Crippen molar-refractivity contribution in [3.8, 4) is 5.69 Å². The van der Waals surface area contributed by atoms with Crippen LogP contribution in [-0.4, -0.2) is 53.4 Å². The van der Waals surface area contributed by atoms with E-state index in [4.69, 9.17) is 0 Å². The summed E-state index contributed by atoms with van der Waals surface area (Å²) in [4.78, 5) is 6.79. The van der Waals surface area contributed by atoms with Crippen molar-refractivity contribution < 1.29 is 0 Å². The highest BCUT2D eigenvalue weighted by molar-refractivity contribution is 5.79. The minimum absolute atomic E-state index is 0.383. The van der Waals surface area contributed by atoms with Crippen LogP contribution in [0.25, 0.3) is 5.69 Å². The molecule has 1 unspecified atom stereocenters. The molecule has 0 aliphatic heterocycles. The summed E-state index contributed by atoms with van der Waals surface area (Å²) >= 11 is 0. The summed E-state index contributed by atoms with van der Waals surface area (Å²) in [5.41, 5.74) is 2.05. The molecule has 2 N–H and O–H groups in total. The fourth-order valence-corrected chi connectivity index (χ4v) is 3.02. The van der Waals surface area contributed by atoms with Gasteiger partial charge in [0, 0.05) is 19.3 Å². The maximum atomic E-state index is 4.62. The Morgan fingerprint density at radius 1 is 1.19 bits per heavy atom. The second-order valence-corrected chi connectivity index (χ2v) is 6.73. The predicted octanol–water partition coefficient (Wildman–Crippen LogP) is 3.05. The Kier molecular flexibility index (Phi) is 8.84. The normalized spacial score (nSPS) is 13.0. The van der Waals surface area contributed by atoms with E-state index >= 15 is 0 Å². The number of hydrogen-bond acceptors (Lipinski definition) is 3. The Morgan fingerprint density at radius 2 is 1.93 bits per heavy atom. The molecule has 0 saturated heterocycles. The van der Waals surface area contributed by atoms with E-state index in [-0.39, 0.29) is 0 Å². The molecular weight excluding hydrogens is 336 g/mol. The van der Waals surface area contributed by atoms with Crippen LogP contribution in [0.3, 0.4) is 0 Å². The molecule has 0 fully saturated rings. The van der Waals surface area contributed by atoms with Gasteiger partial charge in [-0.3, -0.25) is 4.99 Å². The number of benzene rings is 1.